The van der Waals surface area contributed by atoms with E-state index in [4.69, 9.17) is 0 Å². The molecule has 3 aromatic rings. The average molecular weight is 358 g/mol. The molecule has 0 saturated carbocycles. The lowest BCUT2D eigenvalue weighted by molar-refractivity contribution is -0.136. The maximum absolute atomic E-state index is 11.3. The van der Waals surface area contributed by atoms with Crippen molar-refractivity contribution in [1.29, 1.82) is 0 Å². The predicted molar refractivity (Wildman–Crippen MR) is 106 cm³/mol. The number of hydrogen-bond donors (Lipinski definition) is 3. The fourth-order valence-corrected chi connectivity index (χ4v) is 3.63. The summed E-state index contributed by atoms with van der Waals surface area (Å²) >= 11 is 0. The Balaban J connectivity index is 2.19. The molecule has 0 heterocycles. The monoisotopic (exact) mass is 358 g/mol. The summed E-state index contributed by atoms with van der Waals surface area (Å²) in [5.74, 6) is -1.09. The summed E-state index contributed by atoms with van der Waals surface area (Å²) in [6.07, 6.45) is 8.19. The maximum Gasteiger partial charge on any atom is 0.307 e. The van der Waals surface area contributed by atoms with Crippen LogP contribution in [0.15, 0.2) is 54.6 Å². The molecule has 27 heavy (non-hydrogen) atoms. The Hall–Kier alpha value is -3.53. The van der Waals surface area contributed by atoms with Crippen LogP contribution in [0.2, 0.25) is 0 Å². The number of benzene rings is 3. The quantitative estimate of drug-likeness (QED) is 0.672. The number of aromatic hydroxyl groups is 2. The highest BCUT2D eigenvalue weighted by atomic mass is 16.4. The molecule has 134 valence electrons. The van der Waals surface area contributed by atoms with Crippen molar-refractivity contribution in [2.75, 3.05) is 0 Å². The summed E-state index contributed by atoms with van der Waals surface area (Å²) in [6.45, 7) is 0. The Morgan fingerprint density at radius 3 is 2.67 bits per heavy atom. The molecule has 0 aromatic heterocycles. The first-order chi connectivity index (χ1) is 13.1. The number of phenolic OH excluding ortho intramolecular Hbond substituents is 2. The smallest absolute Gasteiger partial charge is 0.307 e. The van der Waals surface area contributed by atoms with Crippen molar-refractivity contribution in [1.82, 2.24) is 0 Å². The number of phenols is 2. The molecule has 0 amide bonds. The topological polar surface area (TPSA) is 77.8 Å². The fourth-order valence-electron chi connectivity index (χ4n) is 3.63. The number of carbonyl (C=O) groups is 1. The van der Waals surface area contributed by atoms with Gasteiger partial charge in [0, 0.05) is 16.7 Å². The Labute approximate surface area is 155 Å². The van der Waals surface area contributed by atoms with E-state index in [9.17, 15) is 20.1 Å². The van der Waals surface area contributed by atoms with Crippen LogP contribution in [0.4, 0.5) is 0 Å². The third kappa shape index (κ3) is 2.95. The van der Waals surface area contributed by atoms with Gasteiger partial charge in [-0.1, -0.05) is 54.6 Å². The second-order valence-electron chi connectivity index (χ2n) is 6.55. The molecule has 3 N–H and O–H groups in total. The molecular formula is C23H18O4. The number of allylic oxidation sites excluding steroid dienone is 2. The number of carboxylic acids is 1. The van der Waals surface area contributed by atoms with Gasteiger partial charge in [0.1, 0.15) is 11.5 Å². The minimum absolute atomic E-state index is 0.0419. The van der Waals surface area contributed by atoms with E-state index in [1.807, 2.05) is 54.6 Å². The third-order valence-corrected chi connectivity index (χ3v) is 4.82. The number of carboxylic acid groups (broad SMARTS) is 1. The zero-order chi connectivity index (χ0) is 19.0. The van der Waals surface area contributed by atoms with Gasteiger partial charge >= 0.3 is 5.97 Å². The van der Waals surface area contributed by atoms with Gasteiger partial charge in [0.15, 0.2) is 0 Å². The van der Waals surface area contributed by atoms with E-state index in [1.165, 1.54) is 0 Å². The highest BCUT2D eigenvalue weighted by Crippen LogP contribution is 2.39. The Morgan fingerprint density at radius 1 is 1.04 bits per heavy atom. The summed E-state index contributed by atoms with van der Waals surface area (Å²) < 4.78 is 0. The molecule has 4 heteroatoms. The van der Waals surface area contributed by atoms with Gasteiger partial charge in [0.25, 0.3) is 0 Å². The lowest BCUT2D eigenvalue weighted by atomic mass is 9.91. The second-order valence-corrected chi connectivity index (χ2v) is 6.55. The van der Waals surface area contributed by atoms with E-state index in [1.54, 1.807) is 12.1 Å². The predicted octanol–water partition coefficient (Wildman–Crippen LogP) is 3.07. The molecule has 4 nitrogen and oxygen atoms in total. The number of hydrogen-bond acceptors (Lipinski definition) is 3. The Kier molecular flexibility index (Phi) is 4.16. The van der Waals surface area contributed by atoms with Crippen molar-refractivity contribution >= 4 is 28.9 Å². The van der Waals surface area contributed by atoms with Crippen LogP contribution in [0.1, 0.15) is 12.0 Å². The number of rotatable bonds is 3. The molecule has 0 atom stereocenters. The van der Waals surface area contributed by atoms with Gasteiger partial charge in [-0.15, -0.1) is 0 Å². The van der Waals surface area contributed by atoms with Crippen LogP contribution in [-0.2, 0) is 11.2 Å². The van der Waals surface area contributed by atoms with Crippen molar-refractivity contribution in [2.45, 2.75) is 12.8 Å². The third-order valence-electron chi connectivity index (χ3n) is 4.82. The van der Waals surface area contributed by atoms with Crippen LogP contribution < -0.4 is 10.4 Å². The van der Waals surface area contributed by atoms with Crippen LogP contribution in [0.3, 0.4) is 0 Å². The van der Waals surface area contributed by atoms with Gasteiger partial charge in [0.05, 0.1) is 6.42 Å². The lowest BCUT2D eigenvalue weighted by Gasteiger charge is -2.15. The van der Waals surface area contributed by atoms with E-state index >= 15 is 0 Å². The molecule has 0 aliphatic heterocycles. The summed E-state index contributed by atoms with van der Waals surface area (Å²) in [7, 11) is 0. The van der Waals surface area contributed by atoms with Crippen molar-refractivity contribution in [2.24, 2.45) is 0 Å². The van der Waals surface area contributed by atoms with Crippen LogP contribution in [0.25, 0.3) is 34.1 Å². The minimum atomic E-state index is -1.02. The van der Waals surface area contributed by atoms with E-state index < -0.39 is 5.97 Å². The number of fused-ring (bicyclic) bond motifs is 2. The van der Waals surface area contributed by atoms with Gasteiger partial charge in [-0.3, -0.25) is 4.79 Å². The zero-order valence-corrected chi connectivity index (χ0v) is 14.5. The Bertz CT molecular complexity index is 1220. The largest absolute Gasteiger partial charge is 0.507 e. The molecule has 1 aliphatic rings. The minimum Gasteiger partial charge on any atom is -0.507 e. The van der Waals surface area contributed by atoms with Gasteiger partial charge < -0.3 is 15.3 Å². The highest BCUT2D eigenvalue weighted by Gasteiger charge is 2.19. The van der Waals surface area contributed by atoms with Crippen molar-refractivity contribution in [3.05, 3.63) is 70.6 Å². The Morgan fingerprint density at radius 2 is 1.85 bits per heavy atom. The summed E-state index contributed by atoms with van der Waals surface area (Å²) in [5.41, 5.74) is 1.30. The van der Waals surface area contributed by atoms with E-state index in [-0.39, 0.29) is 17.9 Å². The highest BCUT2D eigenvalue weighted by molar-refractivity contribution is 6.01. The molecule has 0 saturated heterocycles. The molecule has 3 aromatic carbocycles. The fraction of sp³-hybridized carbons (Fsp3) is 0.0870. The normalized spacial score (nSPS) is 12.7. The molecule has 4 rings (SSSR count). The first-order valence-corrected chi connectivity index (χ1v) is 8.71. The van der Waals surface area contributed by atoms with Gasteiger partial charge in [-0.05, 0) is 39.8 Å². The maximum atomic E-state index is 11.3. The van der Waals surface area contributed by atoms with E-state index in [0.717, 1.165) is 21.2 Å². The summed E-state index contributed by atoms with van der Waals surface area (Å²) in [5, 5.41) is 34.2. The van der Waals surface area contributed by atoms with Crippen molar-refractivity contribution in [3.63, 3.8) is 0 Å². The van der Waals surface area contributed by atoms with Gasteiger partial charge in [-0.2, -0.15) is 0 Å². The van der Waals surface area contributed by atoms with Crippen molar-refractivity contribution < 1.29 is 20.1 Å². The molecular weight excluding hydrogens is 340 g/mol. The van der Waals surface area contributed by atoms with Crippen LogP contribution in [-0.4, -0.2) is 21.3 Å². The summed E-state index contributed by atoms with van der Waals surface area (Å²) in [6, 6.07) is 12.7. The molecule has 0 radical (unpaired) electrons. The number of aliphatic carboxylic acids is 1. The first-order valence-electron chi connectivity index (χ1n) is 8.71. The van der Waals surface area contributed by atoms with Crippen molar-refractivity contribution in [3.8, 4) is 22.6 Å². The van der Waals surface area contributed by atoms with E-state index in [2.05, 4.69) is 0 Å². The van der Waals surface area contributed by atoms with Crippen LogP contribution in [0, 0.1) is 0 Å². The lowest BCUT2D eigenvalue weighted by Crippen LogP contribution is -2.28. The van der Waals surface area contributed by atoms with Crippen LogP contribution >= 0.6 is 0 Å². The van der Waals surface area contributed by atoms with E-state index in [0.29, 0.717) is 23.1 Å². The average Bonchev–Trinajstić information content (AvgIpc) is 2.88. The zero-order valence-electron chi connectivity index (χ0n) is 14.5. The SMILES string of the molecule is O=C(O)Cc1cc2c(c(-c3c(O)ccc4ccccc34)c1O)=CC=CCC=2. The first kappa shape index (κ1) is 16.9. The molecule has 0 fully saturated rings. The molecule has 0 bridgehead atoms. The molecule has 1 aliphatic carbocycles. The summed E-state index contributed by atoms with van der Waals surface area (Å²) in [4.78, 5) is 11.3. The van der Waals surface area contributed by atoms with Gasteiger partial charge in [0.2, 0.25) is 0 Å². The standard InChI is InChI=1S/C23H18O4/c24-19-11-10-14-6-4-5-9-17(14)21(19)22-18-8-3-1-2-7-15(18)12-16(23(22)27)13-20(25)26/h1,3-12,24,27H,2,13H2,(H,25,26). The second kappa shape index (κ2) is 6.65. The van der Waals surface area contributed by atoms with Gasteiger partial charge in [-0.25, -0.2) is 0 Å². The van der Waals surface area contributed by atoms with Crippen LogP contribution in [0.5, 0.6) is 11.5 Å². The molecule has 0 spiro atoms. The molecule has 0 unspecified atom stereocenters.